The molecule has 32 heavy (non-hydrogen) atoms. The molecule has 3 aromatic rings. The second-order valence-corrected chi connectivity index (χ2v) is 6.87. The zero-order valence-corrected chi connectivity index (χ0v) is 21.2. The Hall–Kier alpha value is -2.75. The molecule has 8 heteroatoms. The number of nitrogens with zero attached hydrogens (tertiary/aromatic N) is 3. The molecule has 0 saturated carbocycles. The molecule has 0 amide bonds. The third-order valence-corrected chi connectivity index (χ3v) is 4.68. The van der Waals surface area contributed by atoms with Crippen LogP contribution in [0, 0.1) is 0 Å². The Labute approximate surface area is 207 Å². The fraction of sp³-hybridized carbons (Fsp3) is 0.333. The third kappa shape index (κ3) is 7.44. The summed E-state index contributed by atoms with van der Waals surface area (Å²) in [4.78, 5) is 4.32. The lowest BCUT2D eigenvalue weighted by atomic mass is 10.1. The highest BCUT2D eigenvalue weighted by Gasteiger charge is 2.07. The number of halogens is 1. The molecule has 1 aromatic heterocycles. The minimum Gasteiger partial charge on any atom is -0.490 e. The maximum Gasteiger partial charge on any atom is 0.191 e. The van der Waals surface area contributed by atoms with Gasteiger partial charge in [-0.15, -0.1) is 24.0 Å². The van der Waals surface area contributed by atoms with E-state index in [1.807, 2.05) is 55.1 Å². The zero-order valence-electron chi connectivity index (χ0n) is 18.9. The van der Waals surface area contributed by atoms with Crippen LogP contribution in [-0.2, 0) is 13.0 Å². The molecule has 2 aromatic carbocycles. The van der Waals surface area contributed by atoms with Crippen LogP contribution in [0.5, 0.6) is 11.5 Å². The topological polar surface area (TPSA) is 72.7 Å². The molecule has 0 bridgehead atoms. The molecule has 1 heterocycles. The Bertz CT molecular complexity index is 976. The Morgan fingerprint density at radius 2 is 1.78 bits per heavy atom. The molecule has 0 aliphatic carbocycles. The summed E-state index contributed by atoms with van der Waals surface area (Å²) in [6.07, 6.45) is 4.56. The van der Waals surface area contributed by atoms with E-state index in [1.165, 1.54) is 5.56 Å². The van der Waals surface area contributed by atoms with Crippen molar-refractivity contribution in [1.82, 2.24) is 20.4 Å². The fourth-order valence-electron chi connectivity index (χ4n) is 3.21. The van der Waals surface area contributed by atoms with Gasteiger partial charge in [0.2, 0.25) is 0 Å². The predicted octanol–water partition coefficient (Wildman–Crippen LogP) is 4.20. The molecule has 0 fully saturated rings. The molecule has 0 spiro atoms. The number of rotatable bonds is 10. The zero-order chi connectivity index (χ0) is 21.9. The van der Waals surface area contributed by atoms with E-state index in [-0.39, 0.29) is 24.0 Å². The molecule has 0 atom stereocenters. The van der Waals surface area contributed by atoms with Crippen LogP contribution in [0.25, 0.3) is 5.69 Å². The number of aliphatic imine (C=N–C) groups is 1. The SMILES string of the molecule is CCOc1ccc(CCNC(=NC)NCc2cccc(-n3cccn3)c2)cc1OCC.I. The van der Waals surface area contributed by atoms with E-state index in [9.17, 15) is 0 Å². The van der Waals surface area contributed by atoms with Gasteiger partial charge in [-0.05, 0) is 61.7 Å². The van der Waals surface area contributed by atoms with Gasteiger partial charge in [-0.2, -0.15) is 5.10 Å². The summed E-state index contributed by atoms with van der Waals surface area (Å²) in [5, 5.41) is 11.0. The van der Waals surface area contributed by atoms with Crippen molar-refractivity contribution in [2.75, 3.05) is 26.8 Å². The predicted molar refractivity (Wildman–Crippen MR) is 140 cm³/mol. The summed E-state index contributed by atoms with van der Waals surface area (Å²) in [5.74, 6) is 2.35. The van der Waals surface area contributed by atoms with Crippen LogP contribution in [0.15, 0.2) is 65.9 Å². The monoisotopic (exact) mass is 549 g/mol. The van der Waals surface area contributed by atoms with Crippen LogP contribution in [0.2, 0.25) is 0 Å². The molecule has 7 nitrogen and oxygen atoms in total. The second kappa shape index (κ2) is 13.6. The van der Waals surface area contributed by atoms with E-state index >= 15 is 0 Å². The van der Waals surface area contributed by atoms with Gasteiger partial charge in [0.05, 0.1) is 18.9 Å². The molecule has 0 aliphatic heterocycles. The van der Waals surface area contributed by atoms with Crippen molar-refractivity contribution in [2.24, 2.45) is 4.99 Å². The van der Waals surface area contributed by atoms with E-state index in [0.29, 0.717) is 19.8 Å². The van der Waals surface area contributed by atoms with Gasteiger partial charge in [0.15, 0.2) is 17.5 Å². The summed E-state index contributed by atoms with van der Waals surface area (Å²) in [6, 6.07) is 16.3. The lowest BCUT2D eigenvalue weighted by molar-refractivity contribution is 0.287. The highest BCUT2D eigenvalue weighted by Crippen LogP contribution is 2.28. The number of guanidine groups is 1. The Kier molecular flexibility index (Phi) is 10.9. The van der Waals surface area contributed by atoms with Gasteiger partial charge < -0.3 is 20.1 Å². The number of hydrogen-bond acceptors (Lipinski definition) is 4. The van der Waals surface area contributed by atoms with Gasteiger partial charge in [-0.3, -0.25) is 4.99 Å². The van der Waals surface area contributed by atoms with Crippen molar-refractivity contribution in [2.45, 2.75) is 26.8 Å². The summed E-state index contributed by atoms with van der Waals surface area (Å²) in [5.41, 5.74) is 3.37. The quantitative estimate of drug-likeness (QED) is 0.226. The van der Waals surface area contributed by atoms with Crippen LogP contribution in [0.3, 0.4) is 0 Å². The molecule has 0 aliphatic rings. The fourth-order valence-corrected chi connectivity index (χ4v) is 3.21. The largest absolute Gasteiger partial charge is 0.490 e. The van der Waals surface area contributed by atoms with E-state index in [2.05, 4.69) is 38.9 Å². The molecule has 172 valence electrons. The Balaban J connectivity index is 0.00000363. The maximum absolute atomic E-state index is 5.72. The first-order valence-electron chi connectivity index (χ1n) is 10.7. The first-order valence-corrected chi connectivity index (χ1v) is 10.7. The van der Waals surface area contributed by atoms with Gasteiger partial charge in [-0.1, -0.05) is 18.2 Å². The standard InChI is InChI=1S/C24H31N5O2.HI/c1-4-30-22-11-10-19(17-23(22)31-5-2)12-14-26-24(25-3)27-18-20-8-6-9-21(16-20)29-15-7-13-28-29;/h6-11,13,15-17H,4-5,12,14,18H2,1-3H3,(H2,25,26,27);1H. The van der Waals surface area contributed by atoms with Crippen molar-refractivity contribution in [3.63, 3.8) is 0 Å². The van der Waals surface area contributed by atoms with Crippen molar-refractivity contribution >= 4 is 29.9 Å². The van der Waals surface area contributed by atoms with Gasteiger partial charge in [0, 0.05) is 32.5 Å². The molecular weight excluding hydrogens is 517 g/mol. The number of ether oxygens (including phenoxy) is 2. The second-order valence-electron chi connectivity index (χ2n) is 6.87. The minimum atomic E-state index is 0. The number of hydrogen-bond donors (Lipinski definition) is 2. The Morgan fingerprint density at radius 3 is 2.50 bits per heavy atom. The average Bonchev–Trinajstić information content (AvgIpc) is 3.33. The van der Waals surface area contributed by atoms with Crippen LogP contribution >= 0.6 is 24.0 Å². The molecule has 0 unspecified atom stereocenters. The molecule has 3 rings (SSSR count). The van der Waals surface area contributed by atoms with Crippen LogP contribution in [0.1, 0.15) is 25.0 Å². The van der Waals surface area contributed by atoms with Crippen molar-refractivity contribution in [3.8, 4) is 17.2 Å². The van der Waals surface area contributed by atoms with Crippen LogP contribution in [-0.4, -0.2) is 42.5 Å². The van der Waals surface area contributed by atoms with Gasteiger partial charge >= 0.3 is 0 Å². The lowest BCUT2D eigenvalue weighted by Crippen LogP contribution is -2.37. The van der Waals surface area contributed by atoms with E-state index in [0.717, 1.165) is 41.7 Å². The average molecular weight is 549 g/mol. The summed E-state index contributed by atoms with van der Waals surface area (Å²) < 4.78 is 13.2. The van der Waals surface area contributed by atoms with Crippen LogP contribution < -0.4 is 20.1 Å². The number of benzene rings is 2. The molecular formula is C24H32IN5O2. The summed E-state index contributed by atoms with van der Waals surface area (Å²) in [6.45, 7) is 6.61. The van der Waals surface area contributed by atoms with Gasteiger partial charge in [-0.25, -0.2) is 4.68 Å². The highest BCUT2D eigenvalue weighted by molar-refractivity contribution is 14.0. The van der Waals surface area contributed by atoms with Crippen molar-refractivity contribution in [1.29, 1.82) is 0 Å². The number of aromatic nitrogens is 2. The van der Waals surface area contributed by atoms with E-state index < -0.39 is 0 Å². The van der Waals surface area contributed by atoms with Crippen molar-refractivity contribution < 1.29 is 9.47 Å². The molecule has 0 saturated heterocycles. The first kappa shape index (κ1) is 25.5. The van der Waals surface area contributed by atoms with Crippen molar-refractivity contribution in [3.05, 3.63) is 72.1 Å². The lowest BCUT2D eigenvalue weighted by Gasteiger charge is -2.14. The van der Waals surface area contributed by atoms with E-state index in [4.69, 9.17) is 9.47 Å². The smallest absolute Gasteiger partial charge is 0.191 e. The Morgan fingerprint density at radius 1 is 0.969 bits per heavy atom. The normalized spacial score (nSPS) is 10.9. The van der Waals surface area contributed by atoms with Gasteiger partial charge in [0.25, 0.3) is 0 Å². The van der Waals surface area contributed by atoms with Crippen LogP contribution in [0.4, 0.5) is 0 Å². The summed E-state index contributed by atoms with van der Waals surface area (Å²) >= 11 is 0. The third-order valence-electron chi connectivity index (χ3n) is 4.68. The highest BCUT2D eigenvalue weighted by atomic mass is 127. The van der Waals surface area contributed by atoms with Gasteiger partial charge in [0.1, 0.15) is 0 Å². The summed E-state index contributed by atoms with van der Waals surface area (Å²) in [7, 11) is 1.78. The minimum absolute atomic E-state index is 0. The number of nitrogens with one attached hydrogen (secondary N) is 2. The molecule has 0 radical (unpaired) electrons. The first-order chi connectivity index (χ1) is 15.2. The maximum atomic E-state index is 5.72. The van der Waals surface area contributed by atoms with E-state index in [1.54, 1.807) is 13.2 Å². The molecule has 2 N–H and O–H groups in total.